The number of nitrogens with zero attached hydrogens (tertiary/aromatic N) is 1. The van der Waals surface area contributed by atoms with Crippen LogP contribution in [0.15, 0.2) is 18.2 Å². The van der Waals surface area contributed by atoms with Gasteiger partial charge in [-0.2, -0.15) is 0 Å². The Bertz CT molecular complexity index is 655. The monoisotopic (exact) mass is 312 g/mol. The summed E-state index contributed by atoms with van der Waals surface area (Å²) in [6, 6.07) is 6.00. The van der Waals surface area contributed by atoms with Gasteiger partial charge in [0.2, 0.25) is 11.8 Å². The highest BCUT2D eigenvalue weighted by atomic mass is 16.2. The van der Waals surface area contributed by atoms with Gasteiger partial charge in [-0.05, 0) is 54.7 Å². The van der Waals surface area contributed by atoms with Crippen LogP contribution in [0.2, 0.25) is 0 Å². The van der Waals surface area contributed by atoms with E-state index >= 15 is 0 Å². The second-order valence-electron chi connectivity index (χ2n) is 7.42. The summed E-state index contributed by atoms with van der Waals surface area (Å²) in [5, 5.41) is 2.91. The number of anilines is 1. The molecule has 2 bridgehead atoms. The number of benzene rings is 1. The summed E-state index contributed by atoms with van der Waals surface area (Å²) >= 11 is 0. The number of amides is 2. The van der Waals surface area contributed by atoms with E-state index in [-0.39, 0.29) is 11.8 Å². The molecule has 2 fully saturated rings. The number of rotatable bonds is 2. The minimum Gasteiger partial charge on any atom is -0.338 e. The van der Waals surface area contributed by atoms with Crippen LogP contribution in [0.1, 0.15) is 43.7 Å². The van der Waals surface area contributed by atoms with Gasteiger partial charge in [-0.25, -0.2) is 0 Å². The highest BCUT2D eigenvalue weighted by Crippen LogP contribution is 2.49. The zero-order chi connectivity index (χ0) is 16.0. The average Bonchev–Trinajstić information content (AvgIpc) is 3.16. The van der Waals surface area contributed by atoms with Crippen molar-refractivity contribution in [1.82, 2.24) is 4.90 Å². The van der Waals surface area contributed by atoms with Crippen LogP contribution >= 0.6 is 0 Å². The fourth-order valence-electron chi connectivity index (χ4n) is 4.89. The lowest BCUT2D eigenvalue weighted by Gasteiger charge is -2.34. The van der Waals surface area contributed by atoms with Crippen LogP contribution in [0, 0.1) is 17.8 Å². The number of hydrogen-bond donors (Lipinski definition) is 1. The third-order valence-electron chi connectivity index (χ3n) is 5.94. The Labute approximate surface area is 137 Å². The van der Waals surface area contributed by atoms with E-state index in [0.29, 0.717) is 18.4 Å². The first-order valence-electron chi connectivity index (χ1n) is 8.79. The Balaban J connectivity index is 1.50. The van der Waals surface area contributed by atoms with Gasteiger partial charge in [0.15, 0.2) is 0 Å². The molecule has 2 amide bonds. The molecule has 1 aromatic rings. The first kappa shape index (κ1) is 14.7. The van der Waals surface area contributed by atoms with Gasteiger partial charge in [-0.15, -0.1) is 0 Å². The zero-order valence-electron chi connectivity index (χ0n) is 13.7. The van der Waals surface area contributed by atoms with E-state index in [9.17, 15) is 9.59 Å². The van der Waals surface area contributed by atoms with Gasteiger partial charge in [0.1, 0.15) is 0 Å². The van der Waals surface area contributed by atoms with Crippen LogP contribution in [0.4, 0.5) is 5.69 Å². The van der Waals surface area contributed by atoms with Gasteiger partial charge in [0.25, 0.3) is 0 Å². The van der Waals surface area contributed by atoms with E-state index in [1.54, 1.807) is 0 Å². The SMILES string of the molecule is CC(=O)Nc1cccc2c1CCN(C(=O)[C@H]1C[C@H]3CC[C@H]1C3)C2. The lowest BCUT2D eigenvalue weighted by Crippen LogP contribution is -2.41. The van der Waals surface area contributed by atoms with Crippen molar-refractivity contribution in [3.05, 3.63) is 29.3 Å². The molecule has 122 valence electrons. The molecular weight excluding hydrogens is 288 g/mol. The van der Waals surface area contributed by atoms with Crippen LogP contribution < -0.4 is 5.32 Å². The summed E-state index contributed by atoms with van der Waals surface area (Å²) in [4.78, 5) is 26.3. The molecule has 0 radical (unpaired) electrons. The van der Waals surface area contributed by atoms with Crippen LogP contribution in [0.5, 0.6) is 0 Å². The maximum atomic E-state index is 12.9. The van der Waals surface area contributed by atoms with Crippen LogP contribution in [-0.2, 0) is 22.6 Å². The number of carbonyl (C=O) groups excluding carboxylic acids is 2. The van der Waals surface area contributed by atoms with Crippen molar-refractivity contribution in [1.29, 1.82) is 0 Å². The van der Waals surface area contributed by atoms with Crippen molar-refractivity contribution >= 4 is 17.5 Å². The van der Waals surface area contributed by atoms with Crippen LogP contribution in [0.3, 0.4) is 0 Å². The molecule has 1 aliphatic heterocycles. The molecule has 0 unspecified atom stereocenters. The van der Waals surface area contributed by atoms with Gasteiger partial charge >= 0.3 is 0 Å². The minimum atomic E-state index is -0.0427. The molecule has 3 atom stereocenters. The predicted molar refractivity (Wildman–Crippen MR) is 88.8 cm³/mol. The number of carbonyl (C=O) groups is 2. The van der Waals surface area contributed by atoms with Gasteiger partial charge in [0.05, 0.1) is 0 Å². The molecule has 2 aliphatic carbocycles. The van der Waals surface area contributed by atoms with Crippen molar-refractivity contribution in [3.8, 4) is 0 Å². The summed E-state index contributed by atoms with van der Waals surface area (Å²) in [5.74, 6) is 2.04. The maximum Gasteiger partial charge on any atom is 0.226 e. The van der Waals surface area contributed by atoms with E-state index in [0.717, 1.165) is 31.0 Å². The summed E-state index contributed by atoms with van der Waals surface area (Å²) < 4.78 is 0. The van der Waals surface area contributed by atoms with Crippen molar-refractivity contribution in [2.24, 2.45) is 17.8 Å². The van der Waals surface area contributed by atoms with Gasteiger partial charge < -0.3 is 10.2 Å². The molecule has 1 aromatic carbocycles. The molecule has 2 saturated carbocycles. The summed E-state index contributed by atoms with van der Waals surface area (Å²) in [6.45, 7) is 3.00. The smallest absolute Gasteiger partial charge is 0.226 e. The standard InChI is InChI=1S/C19H24N2O2/c1-12(22)20-18-4-2-3-15-11-21(8-7-16(15)18)19(23)17-10-13-5-6-14(17)9-13/h2-4,13-14,17H,5-11H2,1H3,(H,20,22)/t13-,14-,17-/m0/s1. The van der Waals surface area contributed by atoms with E-state index in [1.165, 1.54) is 37.3 Å². The number of fused-ring (bicyclic) bond motifs is 3. The Hall–Kier alpha value is -1.84. The third kappa shape index (κ3) is 2.64. The second kappa shape index (κ2) is 5.66. The minimum absolute atomic E-state index is 0.0427. The molecular formula is C19H24N2O2. The topological polar surface area (TPSA) is 49.4 Å². The number of nitrogens with one attached hydrogen (secondary N) is 1. The Morgan fingerprint density at radius 1 is 1.22 bits per heavy atom. The highest BCUT2D eigenvalue weighted by Gasteiger charge is 2.44. The van der Waals surface area contributed by atoms with Crippen molar-refractivity contribution in [2.75, 3.05) is 11.9 Å². The van der Waals surface area contributed by atoms with Crippen molar-refractivity contribution in [2.45, 2.75) is 45.6 Å². The molecule has 4 rings (SSSR count). The summed E-state index contributed by atoms with van der Waals surface area (Å²) in [6.07, 6.45) is 5.79. The van der Waals surface area contributed by atoms with E-state index < -0.39 is 0 Å². The van der Waals surface area contributed by atoms with Gasteiger partial charge in [-0.3, -0.25) is 9.59 Å². The van der Waals surface area contributed by atoms with Crippen molar-refractivity contribution in [3.63, 3.8) is 0 Å². The molecule has 1 heterocycles. The zero-order valence-corrected chi connectivity index (χ0v) is 13.7. The largest absolute Gasteiger partial charge is 0.338 e. The first-order valence-corrected chi connectivity index (χ1v) is 8.79. The normalized spacial score (nSPS) is 28.6. The van der Waals surface area contributed by atoms with E-state index in [2.05, 4.69) is 11.4 Å². The lowest BCUT2D eigenvalue weighted by atomic mass is 9.87. The molecule has 1 N–H and O–H groups in total. The Kier molecular flexibility index (Phi) is 3.63. The molecule has 0 aromatic heterocycles. The van der Waals surface area contributed by atoms with Crippen LogP contribution in [-0.4, -0.2) is 23.3 Å². The summed E-state index contributed by atoms with van der Waals surface area (Å²) in [7, 11) is 0. The Morgan fingerprint density at radius 3 is 2.78 bits per heavy atom. The molecule has 4 nitrogen and oxygen atoms in total. The third-order valence-corrected chi connectivity index (χ3v) is 5.94. The molecule has 0 saturated heterocycles. The maximum absolute atomic E-state index is 12.9. The predicted octanol–water partition coefficient (Wildman–Crippen LogP) is 2.97. The van der Waals surface area contributed by atoms with Gasteiger partial charge in [-0.1, -0.05) is 18.6 Å². The average molecular weight is 312 g/mol. The van der Waals surface area contributed by atoms with Crippen LogP contribution in [0.25, 0.3) is 0 Å². The first-order chi connectivity index (χ1) is 11.1. The molecule has 4 heteroatoms. The fourth-order valence-corrected chi connectivity index (χ4v) is 4.89. The Morgan fingerprint density at radius 2 is 2.09 bits per heavy atom. The molecule has 3 aliphatic rings. The van der Waals surface area contributed by atoms with E-state index in [4.69, 9.17) is 0 Å². The summed E-state index contributed by atoms with van der Waals surface area (Å²) in [5.41, 5.74) is 3.28. The number of hydrogen-bond acceptors (Lipinski definition) is 2. The second-order valence-corrected chi connectivity index (χ2v) is 7.42. The molecule has 23 heavy (non-hydrogen) atoms. The lowest BCUT2D eigenvalue weighted by molar-refractivity contribution is -0.138. The quantitative estimate of drug-likeness (QED) is 0.913. The highest BCUT2D eigenvalue weighted by molar-refractivity contribution is 5.90. The van der Waals surface area contributed by atoms with Crippen molar-refractivity contribution < 1.29 is 9.59 Å². The molecule has 0 spiro atoms. The van der Waals surface area contributed by atoms with E-state index in [1.807, 2.05) is 17.0 Å². The fraction of sp³-hybridized carbons (Fsp3) is 0.579. The van der Waals surface area contributed by atoms with Gasteiger partial charge in [0, 0.05) is 31.6 Å².